The smallest absolute Gasteiger partial charge is 0.468 e. The minimum absolute atomic E-state index is 0.0269. The Morgan fingerprint density at radius 2 is 1.32 bits per heavy atom. The lowest BCUT2D eigenvalue weighted by Gasteiger charge is -2.18. The number of rotatable bonds is 17. The Hall–Kier alpha value is -3.54. The molecule has 1 rings (SSSR count). The molecule has 0 bridgehead atoms. The summed E-state index contributed by atoms with van der Waals surface area (Å²) < 4.78 is 35.2. The molecule has 0 saturated heterocycles. The van der Waals surface area contributed by atoms with Crippen LogP contribution < -0.4 is 14.8 Å². The van der Waals surface area contributed by atoms with Crippen LogP contribution in [-0.2, 0) is 34.9 Å². The van der Waals surface area contributed by atoms with Crippen molar-refractivity contribution in [2.24, 2.45) is 0 Å². The molecule has 214 valence electrons. The Morgan fingerprint density at radius 3 is 1.89 bits per heavy atom. The number of methoxy groups -OCH3 is 1. The van der Waals surface area contributed by atoms with E-state index in [0.29, 0.717) is 24.8 Å². The van der Waals surface area contributed by atoms with Crippen LogP contribution >= 0.6 is 0 Å². The molecule has 0 radical (unpaired) electrons. The molecular formula is C26H39NO11. The molecule has 0 aliphatic carbocycles. The summed E-state index contributed by atoms with van der Waals surface area (Å²) in [7, 11) is 1.25. The van der Waals surface area contributed by atoms with Gasteiger partial charge < -0.3 is 38.5 Å². The zero-order valence-corrected chi connectivity index (χ0v) is 22.6. The van der Waals surface area contributed by atoms with Crippen molar-refractivity contribution >= 4 is 24.4 Å². The number of nitrogens with one attached hydrogen (secondary N) is 1. The predicted molar refractivity (Wildman–Crippen MR) is 135 cm³/mol. The number of benzene rings is 1. The highest BCUT2D eigenvalue weighted by atomic mass is 16.7. The van der Waals surface area contributed by atoms with Crippen LogP contribution in [0, 0.1) is 0 Å². The van der Waals surface area contributed by atoms with Gasteiger partial charge in [0.1, 0.15) is 12.6 Å². The third-order valence-corrected chi connectivity index (χ3v) is 4.89. The van der Waals surface area contributed by atoms with Gasteiger partial charge >= 0.3 is 24.4 Å². The number of ether oxygens (including phenoxy) is 7. The zero-order chi connectivity index (χ0) is 28.2. The Bertz CT molecular complexity index is 875. The van der Waals surface area contributed by atoms with Gasteiger partial charge in [-0.3, -0.25) is 4.79 Å². The van der Waals surface area contributed by atoms with Gasteiger partial charge in [0.05, 0.1) is 26.9 Å². The van der Waals surface area contributed by atoms with Gasteiger partial charge in [-0.2, -0.15) is 0 Å². The van der Waals surface area contributed by atoms with Crippen molar-refractivity contribution in [3.63, 3.8) is 0 Å². The van der Waals surface area contributed by atoms with Crippen LogP contribution in [0.15, 0.2) is 18.2 Å². The van der Waals surface area contributed by atoms with Crippen molar-refractivity contribution in [1.82, 2.24) is 5.32 Å². The molecule has 38 heavy (non-hydrogen) atoms. The first-order valence-corrected chi connectivity index (χ1v) is 12.8. The van der Waals surface area contributed by atoms with Gasteiger partial charge in [0.25, 0.3) is 0 Å². The van der Waals surface area contributed by atoms with Crippen molar-refractivity contribution in [3.8, 4) is 11.5 Å². The molecule has 12 nitrogen and oxygen atoms in total. The molecular weight excluding hydrogens is 502 g/mol. The molecule has 0 aliphatic heterocycles. The molecule has 0 heterocycles. The first kappa shape index (κ1) is 32.5. The van der Waals surface area contributed by atoms with Crippen molar-refractivity contribution in [2.75, 3.05) is 40.1 Å². The number of hydrogen-bond donors (Lipinski definition) is 1. The molecule has 0 unspecified atom stereocenters. The van der Waals surface area contributed by atoms with Gasteiger partial charge in [-0.15, -0.1) is 0 Å². The Balaban J connectivity index is 2.93. The number of carbonyl (C=O) groups is 4. The minimum atomic E-state index is -0.963. The highest BCUT2D eigenvalue weighted by Gasteiger charge is 2.22. The number of unbranched alkanes of at least 4 members (excludes halogenated alkanes) is 2. The van der Waals surface area contributed by atoms with Gasteiger partial charge in [0.15, 0.2) is 11.5 Å². The molecule has 1 aromatic carbocycles. The molecule has 0 saturated carbocycles. The van der Waals surface area contributed by atoms with Crippen LogP contribution in [-0.4, -0.2) is 70.6 Å². The van der Waals surface area contributed by atoms with E-state index in [-0.39, 0.29) is 50.9 Å². The highest BCUT2D eigenvalue weighted by molar-refractivity contribution is 5.76. The van der Waals surface area contributed by atoms with E-state index >= 15 is 0 Å². The summed E-state index contributed by atoms with van der Waals surface area (Å²) in [6, 6.07) is 3.66. The lowest BCUT2D eigenvalue weighted by molar-refractivity contribution is -0.143. The van der Waals surface area contributed by atoms with Crippen molar-refractivity contribution < 1.29 is 52.3 Å². The van der Waals surface area contributed by atoms with Gasteiger partial charge in [-0.05, 0) is 43.4 Å². The molecule has 0 fully saturated rings. The van der Waals surface area contributed by atoms with Crippen LogP contribution in [0.3, 0.4) is 0 Å². The average Bonchev–Trinajstić information content (AvgIpc) is 2.90. The predicted octanol–water partition coefficient (Wildman–Crippen LogP) is 4.55. The summed E-state index contributed by atoms with van der Waals surface area (Å²) >= 11 is 0. The first-order valence-electron chi connectivity index (χ1n) is 12.8. The molecule has 12 heteroatoms. The third kappa shape index (κ3) is 13.7. The number of hydrogen-bond acceptors (Lipinski definition) is 12. The van der Waals surface area contributed by atoms with E-state index in [1.165, 1.54) is 19.2 Å². The molecule has 0 spiro atoms. The zero-order valence-electron chi connectivity index (χ0n) is 22.6. The Kier molecular flexibility index (Phi) is 16.7. The Labute approximate surface area is 223 Å². The van der Waals surface area contributed by atoms with Gasteiger partial charge in [-0.1, -0.05) is 39.7 Å². The normalized spacial score (nSPS) is 11.2. The van der Waals surface area contributed by atoms with Crippen LogP contribution in [0.25, 0.3) is 0 Å². The van der Waals surface area contributed by atoms with Gasteiger partial charge in [0.2, 0.25) is 0 Å². The maximum atomic E-state index is 12.3. The molecule has 1 atom stereocenters. The lowest BCUT2D eigenvalue weighted by Crippen LogP contribution is -2.41. The minimum Gasteiger partial charge on any atom is -0.468 e. The van der Waals surface area contributed by atoms with Crippen LogP contribution in [0.4, 0.5) is 14.4 Å². The lowest BCUT2D eigenvalue weighted by atomic mass is 10.1. The van der Waals surface area contributed by atoms with Crippen LogP contribution in [0.1, 0.15) is 58.4 Å². The summed E-state index contributed by atoms with van der Waals surface area (Å²) in [6.07, 6.45) is 1.09. The van der Waals surface area contributed by atoms with E-state index in [0.717, 1.165) is 12.8 Å². The van der Waals surface area contributed by atoms with Gasteiger partial charge in [0, 0.05) is 6.54 Å². The van der Waals surface area contributed by atoms with E-state index in [1.807, 2.05) is 20.8 Å². The second-order valence-electron chi connectivity index (χ2n) is 8.07. The van der Waals surface area contributed by atoms with Crippen molar-refractivity contribution in [2.45, 2.75) is 65.3 Å². The fourth-order valence-electron chi connectivity index (χ4n) is 2.89. The summed E-state index contributed by atoms with van der Waals surface area (Å²) in [5, 5.41) is 2.96. The third-order valence-electron chi connectivity index (χ3n) is 4.89. The maximum absolute atomic E-state index is 12.3. The van der Waals surface area contributed by atoms with Crippen molar-refractivity contribution in [3.05, 3.63) is 23.8 Å². The average molecular weight is 542 g/mol. The first-order chi connectivity index (χ1) is 18.3. The van der Waals surface area contributed by atoms with E-state index in [2.05, 4.69) is 5.32 Å². The monoisotopic (exact) mass is 541 g/mol. The molecule has 0 aromatic heterocycles. The van der Waals surface area contributed by atoms with Crippen LogP contribution in [0.5, 0.6) is 11.5 Å². The second kappa shape index (κ2) is 19.6. The summed E-state index contributed by atoms with van der Waals surface area (Å²) in [5.74, 6) is -0.689. The topological polar surface area (TPSA) is 145 Å². The number of carbonyl (C=O) groups excluding carboxylic acids is 4. The van der Waals surface area contributed by atoms with E-state index in [1.54, 1.807) is 6.07 Å². The van der Waals surface area contributed by atoms with Gasteiger partial charge in [-0.25, -0.2) is 14.4 Å². The highest BCUT2D eigenvalue weighted by Crippen LogP contribution is 2.30. The maximum Gasteiger partial charge on any atom is 0.513 e. The summed E-state index contributed by atoms with van der Waals surface area (Å²) in [5.41, 5.74) is 0.555. The van der Waals surface area contributed by atoms with E-state index in [9.17, 15) is 19.2 Å². The molecule has 0 amide bonds. The quantitative estimate of drug-likeness (QED) is 0.128. The molecule has 1 aromatic rings. The van der Waals surface area contributed by atoms with Crippen LogP contribution in [0.2, 0.25) is 0 Å². The van der Waals surface area contributed by atoms with Crippen molar-refractivity contribution in [1.29, 1.82) is 0 Å². The van der Waals surface area contributed by atoms with E-state index < -0.39 is 30.5 Å². The fraction of sp³-hybridized carbons (Fsp3) is 0.615. The largest absolute Gasteiger partial charge is 0.513 e. The standard InChI is InChI=1S/C26H39NO11/c1-5-8-14-34-25(30)37-21-11-10-19(18-22(21)38-26(31)35-15-9-6-2)17-20(23(28)32-4)27-12-16-36-24(29)33-13-7-3/h10-11,18,20,27H,5-9,12-17H2,1-4H3/t20-/m0/s1. The second-order valence-corrected chi connectivity index (χ2v) is 8.07. The summed E-state index contributed by atoms with van der Waals surface area (Å²) in [6.45, 7) is 6.50. The molecule has 0 aliphatic rings. The Morgan fingerprint density at radius 1 is 0.737 bits per heavy atom. The fourth-order valence-corrected chi connectivity index (χ4v) is 2.89. The molecule has 1 N–H and O–H groups in total. The number of esters is 1. The SMILES string of the molecule is CCCCOC(=O)Oc1ccc(C[C@H](NCCOC(=O)OCCC)C(=O)OC)cc1OC(=O)OCCCC. The summed E-state index contributed by atoms with van der Waals surface area (Å²) in [4.78, 5) is 48.0. The van der Waals surface area contributed by atoms with E-state index in [4.69, 9.17) is 33.2 Å².